The van der Waals surface area contributed by atoms with Gasteiger partial charge >= 0.3 is 0 Å². The molecule has 2 N–H and O–H groups in total. The van der Waals surface area contributed by atoms with E-state index in [1.807, 2.05) is 20.8 Å². The van der Waals surface area contributed by atoms with Gasteiger partial charge in [-0.25, -0.2) is 5.43 Å². The maximum atomic E-state index is 12.8. The molecule has 1 atom stereocenters. The number of carbonyl (C=O) groups is 2. The number of amides is 2. The molecule has 0 saturated carbocycles. The summed E-state index contributed by atoms with van der Waals surface area (Å²) in [5.41, 5.74) is 4.37. The molecule has 0 aliphatic carbocycles. The fourth-order valence-corrected chi connectivity index (χ4v) is 3.98. The van der Waals surface area contributed by atoms with Gasteiger partial charge in [-0.05, 0) is 73.0 Å². The maximum Gasteiger partial charge on any atom is 0.262 e. The third-order valence-electron chi connectivity index (χ3n) is 5.40. The van der Waals surface area contributed by atoms with E-state index in [1.54, 1.807) is 60.7 Å². The lowest BCUT2D eigenvalue weighted by Crippen LogP contribution is -2.48. The van der Waals surface area contributed by atoms with Crippen molar-refractivity contribution >= 4 is 52.8 Å². The highest BCUT2D eigenvalue weighted by atomic mass is 35.5. The molecule has 0 fully saturated rings. The molecule has 38 heavy (non-hydrogen) atoms. The van der Waals surface area contributed by atoms with Crippen LogP contribution in [0, 0.1) is 5.92 Å². The average Bonchev–Trinajstić information content (AvgIpc) is 2.88. The Labute approximate surface area is 237 Å². The van der Waals surface area contributed by atoms with E-state index in [2.05, 4.69) is 15.8 Å². The van der Waals surface area contributed by atoms with Crippen molar-refractivity contribution in [3.8, 4) is 11.5 Å². The Kier molecular flexibility index (Phi) is 10.8. The second-order valence-electron chi connectivity index (χ2n) is 8.60. The van der Waals surface area contributed by atoms with Gasteiger partial charge in [0.1, 0.15) is 12.6 Å². The molecule has 3 rings (SSSR count). The van der Waals surface area contributed by atoms with E-state index >= 15 is 0 Å². The third kappa shape index (κ3) is 8.38. The minimum absolute atomic E-state index is 0.170. The number of hydrogen-bond donors (Lipinski definition) is 2. The predicted molar refractivity (Wildman–Crippen MR) is 152 cm³/mol. The first-order valence-corrected chi connectivity index (χ1v) is 13.0. The smallest absolute Gasteiger partial charge is 0.262 e. The number of nitrogens with zero attached hydrogens (tertiary/aromatic N) is 1. The van der Waals surface area contributed by atoms with Gasteiger partial charge in [0.15, 0.2) is 11.5 Å². The SMILES string of the molecule is CCOc1cc(/C=N/NC(=O)C(NC(=O)c2ccc(Cl)cc2)C(C)C)ccc1OCc1ccc(Cl)cc1Cl. The normalized spacial score (nSPS) is 11.9. The van der Waals surface area contributed by atoms with Crippen LogP contribution in [0.25, 0.3) is 0 Å². The first-order valence-electron chi connectivity index (χ1n) is 11.9. The monoisotopic (exact) mass is 575 g/mol. The number of nitrogens with one attached hydrogen (secondary N) is 2. The van der Waals surface area contributed by atoms with E-state index in [1.165, 1.54) is 6.21 Å². The summed E-state index contributed by atoms with van der Waals surface area (Å²) >= 11 is 18.1. The molecule has 0 aromatic heterocycles. The van der Waals surface area contributed by atoms with Gasteiger partial charge in [0.05, 0.1) is 12.8 Å². The lowest BCUT2D eigenvalue weighted by molar-refractivity contribution is -0.123. The van der Waals surface area contributed by atoms with Gasteiger partial charge in [-0.3, -0.25) is 9.59 Å². The van der Waals surface area contributed by atoms with Crippen LogP contribution in [-0.2, 0) is 11.4 Å². The second kappa shape index (κ2) is 14.0. The number of rotatable bonds is 11. The fourth-order valence-electron chi connectivity index (χ4n) is 3.39. The summed E-state index contributed by atoms with van der Waals surface area (Å²) in [5, 5.41) is 8.39. The van der Waals surface area contributed by atoms with Crippen molar-refractivity contribution in [3.63, 3.8) is 0 Å². The molecule has 3 aromatic rings. The molecule has 0 aliphatic rings. The minimum Gasteiger partial charge on any atom is -0.490 e. The van der Waals surface area contributed by atoms with Gasteiger partial charge in [0.2, 0.25) is 0 Å². The zero-order valence-electron chi connectivity index (χ0n) is 21.1. The average molecular weight is 577 g/mol. The molecule has 7 nitrogen and oxygen atoms in total. The number of hydrazone groups is 1. The molecule has 0 heterocycles. The summed E-state index contributed by atoms with van der Waals surface area (Å²) < 4.78 is 11.6. The summed E-state index contributed by atoms with van der Waals surface area (Å²) in [6.07, 6.45) is 1.48. The Bertz CT molecular complexity index is 1300. The van der Waals surface area contributed by atoms with Crippen LogP contribution in [0.2, 0.25) is 15.1 Å². The molecule has 0 bridgehead atoms. The van der Waals surface area contributed by atoms with Crippen molar-refractivity contribution in [2.45, 2.75) is 33.4 Å². The molecular weight excluding hydrogens is 549 g/mol. The third-order valence-corrected chi connectivity index (χ3v) is 6.24. The van der Waals surface area contributed by atoms with Crippen LogP contribution < -0.4 is 20.2 Å². The van der Waals surface area contributed by atoms with E-state index < -0.39 is 11.9 Å². The summed E-state index contributed by atoms with van der Waals surface area (Å²) in [6, 6.07) is 16.1. The highest BCUT2D eigenvalue weighted by Crippen LogP contribution is 2.30. The Morgan fingerprint density at radius 2 is 1.63 bits per heavy atom. The van der Waals surface area contributed by atoms with Crippen LogP contribution in [0.3, 0.4) is 0 Å². The molecule has 10 heteroatoms. The summed E-state index contributed by atoms with van der Waals surface area (Å²) in [7, 11) is 0. The van der Waals surface area contributed by atoms with E-state index in [0.717, 1.165) is 5.56 Å². The fraction of sp³-hybridized carbons (Fsp3) is 0.250. The molecule has 0 radical (unpaired) electrons. The van der Waals surface area contributed by atoms with Gasteiger partial charge in [0.25, 0.3) is 11.8 Å². The zero-order valence-corrected chi connectivity index (χ0v) is 23.4. The van der Waals surface area contributed by atoms with E-state index in [-0.39, 0.29) is 18.4 Å². The van der Waals surface area contributed by atoms with E-state index in [0.29, 0.717) is 44.3 Å². The Hall–Kier alpha value is -3.26. The van der Waals surface area contributed by atoms with Gasteiger partial charge in [0, 0.05) is 26.2 Å². The van der Waals surface area contributed by atoms with Crippen LogP contribution in [0.15, 0.2) is 65.8 Å². The van der Waals surface area contributed by atoms with Crippen molar-refractivity contribution in [1.29, 1.82) is 0 Å². The number of halogens is 3. The number of hydrogen-bond acceptors (Lipinski definition) is 5. The molecule has 3 aromatic carbocycles. The van der Waals surface area contributed by atoms with Crippen molar-refractivity contribution < 1.29 is 19.1 Å². The Balaban J connectivity index is 1.64. The molecule has 0 aliphatic heterocycles. The molecule has 0 spiro atoms. The molecule has 200 valence electrons. The van der Waals surface area contributed by atoms with Crippen molar-refractivity contribution in [2.24, 2.45) is 11.0 Å². The molecule has 2 amide bonds. The Morgan fingerprint density at radius 1 is 0.921 bits per heavy atom. The van der Waals surface area contributed by atoms with Gasteiger partial charge < -0.3 is 14.8 Å². The number of carbonyl (C=O) groups excluding carboxylic acids is 2. The summed E-state index contributed by atoms with van der Waals surface area (Å²) in [5.74, 6) is 0.0586. The minimum atomic E-state index is -0.787. The molecule has 0 saturated heterocycles. The van der Waals surface area contributed by atoms with Crippen molar-refractivity contribution in [1.82, 2.24) is 10.7 Å². The largest absolute Gasteiger partial charge is 0.490 e. The quantitative estimate of drug-likeness (QED) is 0.201. The predicted octanol–water partition coefficient (Wildman–Crippen LogP) is 6.53. The maximum absolute atomic E-state index is 12.8. The number of benzene rings is 3. The van der Waals surface area contributed by atoms with Gasteiger partial charge in [-0.2, -0.15) is 5.10 Å². The van der Waals surface area contributed by atoms with Gasteiger partial charge in [-0.1, -0.05) is 54.7 Å². The highest BCUT2D eigenvalue weighted by molar-refractivity contribution is 6.35. The van der Waals surface area contributed by atoms with E-state index in [4.69, 9.17) is 44.3 Å². The lowest BCUT2D eigenvalue weighted by atomic mass is 10.0. The zero-order chi connectivity index (χ0) is 27.7. The summed E-state index contributed by atoms with van der Waals surface area (Å²) in [6.45, 7) is 6.20. The summed E-state index contributed by atoms with van der Waals surface area (Å²) in [4.78, 5) is 25.3. The number of ether oxygens (including phenoxy) is 2. The molecular formula is C28H28Cl3N3O4. The second-order valence-corrected chi connectivity index (χ2v) is 9.88. The van der Waals surface area contributed by atoms with Crippen molar-refractivity contribution in [2.75, 3.05) is 6.61 Å². The van der Waals surface area contributed by atoms with Crippen LogP contribution in [0.5, 0.6) is 11.5 Å². The lowest BCUT2D eigenvalue weighted by Gasteiger charge is -2.20. The first kappa shape index (κ1) is 29.3. The van der Waals surface area contributed by atoms with Crippen molar-refractivity contribution in [3.05, 3.63) is 92.4 Å². The Morgan fingerprint density at radius 3 is 2.29 bits per heavy atom. The van der Waals surface area contributed by atoms with Gasteiger partial charge in [-0.15, -0.1) is 0 Å². The van der Waals surface area contributed by atoms with Crippen LogP contribution in [-0.4, -0.2) is 30.7 Å². The standard InChI is InChI=1S/C28H28Cl3N3O4/c1-4-37-25-13-18(5-12-24(25)38-16-20-8-11-22(30)14-23(20)31)15-32-34-28(36)26(17(2)3)33-27(35)19-6-9-21(29)10-7-19/h5-15,17,26H,4,16H2,1-3H3,(H,33,35)(H,34,36)/b32-15+. The van der Waals surface area contributed by atoms with Crippen LogP contribution >= 0.6 is 34.8 Å². The highest BCUT2D eigenvalue weighted by Gasteiger charge is 2.24. The van der Waals surface area contributed by atoms with E-state index in [9.17, 15) is 9.59 Å². The van der Waals surface area contributed by atoms with Crippen LogP contribution in [0.4, 0.5) is 0 Å². The topological polar surface area (TPSA) is 89.0 Å². The van der Waals surface area contributed by atoms with Crippen LogP contribution in [0.1, 0.15) is 42.3 Å². The first-order chi connectivity index (χ1) is 18.2. The molecule has 1 unspecified atom stereocenters.